The zero-order valence-corrected chi connectivity index (χ0v) is 14.2. The van der Waals surface area contributed by atoms with Gasteiger partial charge >= 0.3 is 0 Å². The molecule has 2 aliphatic rings. The fraction of sp³-hybridized carbons (Fsp3) is 0.550. The molecular weight excluding hydrogens is 284 g/mol. The molecule has 0 radical (unpaired) electrons. The number of benzene rings is 1. The van der Waals surface area contributed by atoms with Gasteiger partial charge in [0.1, 0.15) is 0 Å². The van der Waals surface area contributed by atoms with E-state index in [-0.39, 0.29) is 5.91 Å². The summed E-state index contributed by atoms with van der Waals surface area (Å²) in [5, 5.41) is 6.88. The summed E-state index contributed by atoms with van der Waals surface area (Å²) in [6, 6.07) is 12.2. The molecule has 0 spiro atoms. The molecule has 0 saturated heterocycles. The van der Waals surface area contributed by atoms with Gasteiger partial charge in [0.05, 0.1) is 0 Å². The molecule has 2 aliphatic carbocycles. The molecule has 0 aromatic heterocycles. The highest BCUT2D eigenvalue weighted by atomic mass is 16.1. The molecule has 3 rings (SSSR count). The Balaban J connectivity index is 1.43. The van der Waals surface area contributed by atoms with Crippen LogP contribution in [0.15, 0.2) is 35.9 Å². The Morgan fingerprint density at radius 2 is 1.70 bits per heavy atom. The van der Waals surface area contributed by atoms with E-state index >= 15 is 0 Å². The van der Waals surface area contributed by atoms with E-state index in [0.29, 0.717) is 24.0 Å². The van der Waals surface area contributed by atoms with Crippen molar-refractivity contribution < 1.29 is 4.79 Å². The largest absolute Gasteiger partial charge is 0.354 e. The number of carbonyl (C=O) groups excluding carboxylic acids is 1. The van der Waals surface area contributed by atoms with Crippen molar-refractivity contribution in [3.63, 3.8) is 0 Å². The number of hydrogen-bond donors (Lipinski definition) is 2. The molecule has 3 heteroatoms. The Bertz CT molecular complexity index is 558. The second-order valence-corrected chi connectivity index (χ2v) is 7.16. The molecule has 2 atom stereocenters. The number of amides is 1. The van der Waals surface area contributed by atoms with Gasteiger partial charge in [-0.3, -0.25) is 4.79 Å². The number of nitrogens with one attached hydrogen (secondary N) is 2. The fourth-order valence-corrected chi connectivity index (χ4v) is 3.80. The van der Waals surface area contributed by atoms with Gasteiger partial charge in [-0.05, 0) is 50.5 Å². The van der Waals surface area contributed by atoms with Crippen molar-refractivity contribution >= 4 is 12.0 Å². The molecule has 1 aromatic rings. The summed E-state index contributed by atoms with van der Waals surface area (Å²) in [7, 11) is 0. The van der Waals surface area contributed by atoms with Crippen LogP contribution in [0.3, 0.4) is 0 Å². The highest BCUT2D eigenvalue weighted by molar-refractivity contribution is 5.73. The normalized spacial score (nSPS) is 30.8. The Morgan fingerprint density at radius 3 is 2.35 bits per heavy atom. The Kier molecular flexibility index (Phi) is 5.16. The highest BCUT2D eigenvalue weighted by Gasteiger charge is 2.39. The number of rotatable bonds is 5. The monoisotopic (exact) mass is 312 g/mol. The van der Waals surface area contributed by atoms with Crippen LogP contribution in [0.4, 0.5) is 0 Å². The molecule has 1 unspecified atom stereocenters. The van der Waals surface area contributed by atoms with Crippen molar-refractivity contribution in [1.82, 2.24) is 10.6 Å². The van der Waals surface area contributed by atoms with Crippen molar-refractivity contribution in [3.8, 4) is 0 Å². The minimum Gasteiger partial charge on any atom is -0.354 e. The lowest BCUT2D eigenvalue weighted by atomic mass is 9.91. The zero-order chi connectivity index (χ0) is 16.2. The second kappa shape index (κ2) is 7.31. The maximum absolute atomic E-state index is 11.1. The van der Waals surface area contributed by atoms with Crippen molar-refractivity contribution in [2.45, 2.75) is 64.1 Å². The van der Waals surface area contributed by atoms with Crippen LogP contribution in [0.25, 0.3) is 6.08 Å². The molecule has 124 valence electrons. The molecular formula is C20H28N2O. The summed E-state index contributed by atoms with van der Waals surface area (Å²) in [4.78, 5) is 11.1. The number of hydrogen-bond acceptors (Lipinski definition) is 2. The van der Waals surface area contributed by atoms with Crippen LogP contribution in [0, 0.1) is 5.92 Å². The lowest BCUT2D eigenvalue weighted by Crippen LogP contribution is -2.42. The fourth-order valence-electron chi connectivity index (χ4n) is 3.80. The first kappa shape index (κ1) is 16.3. The number of carbonyl (C=O) groups is 1. The average Bonchev–Trinajstić information content (AvgIpc) is 3.29. The van der Waals surface area contributed by atoms with E-state index in [0.717, 1.165) is 12.8 Å². The summed E-state index contributed by atoms with van der Waals surface area (Å²) in [5.74, 6) is 0.800. The predicted octanol–water partition coefficient (Wildman–Crippen LogP) is 3.52. The van der Waals surface area contributed by atoms with Crippen molar-refractivity contribution in [1.29, 1.82) is 0 Å². The quantitative estimate of drug-likeness (QED) is 0.873. The van der Waals surface area contributed by atoms with E-state index in [1.165, 1.54) is 30.4 Å². The topological polar surface area (TPSA) is 41.1 Å². The second-order valence-electron chi connectivity index (χ2n) is 7.16. The Morgan fingerprint density at radius 1 is 1.04 bits per heavy atom. The van der Waals surface area contributed by atoms with E-state index in [4.69, 9.17) is 0 Å². The van der Waals surface area contributed by atoms with Gasteiger partial charge in [0.15, 0.2) is 0 Å². The van der Waals surface area contributed by atoms with E-state index in [9.17, 15) is 4.79 Å². The SMILES string of the molecule is CC(=O)NC1CCC(NC2C[C@H]2/C(C)=C/c2ccccc2)CC1. The van der Waals surface area contributed by atoms with Gasteiger partial charge in [0.2, 0.25) is 5.91 Å². The van der Waals surface area contributed by atoms with Crippen LogP contribution in [-0.2, 0) is 4.79 Å². The van der Waals surface area contributed by atoms with Crippen LogP contribution >= 0.6 is 0 Å². The third kappa shape index (κ3) is 4.68. The van der Waals surface area contributed by atoms with Crippen molar-refractivity contribution in [2.75, 3.05) is 0 Å². The van der Waals surface area contributed by atoms with Gasteiger partial charge in [-0.25, -0.2) is 0 Å². The first-order valence-electron chi connectivity index (χ1n) is 8.88. The summed E-state index contributed by atoms with van der Waals surface area (Å²) < 4.78 is 0. The van der Waals surface area contributed by atoms with Gasteiger partial charge < -0.3 is 10.6 Å². The zero-order valence-electron chi connectivity index (χ0n) is 14.2. The van der Waals surface area contributed by atoms with Gasteiger partial charge in [-0.2, -0.15) is 0 Å². The molecule has 2 fully saturated rings. The maximum atomic E-state index is 11.1. The maximum Gasteiger partial charge on any atom is 0.217 e. The van der Waals surface area contributed by atoms with E-state index in [1.54, 1.807) is 6.92 Å². The standard InChI is InChI=1S/C20H28N2O/c1-14(12-16-6-4-3-5-7-16)19-13-20(19)22-18-10-8-17(9-11-18)21-15(2)23/h3-7,12,17-20,22H,8-11,13H2,1-2H3,(H,21,23)/b14-12+/t17?,18?,19-,20?/m0/s1. The van der Waals surface area contributed by atoms with Crippen molar-refractivity contribution in [3.05, 3.63) is 41.5 Å². The minimum atomic E-state index is 0.102. The highest BCUT2D eigenvalue weighted by Crippen LogP contribution is 2.39. The summed E-state index contributed by atoms with van der Waals surface area (Å²) in [6.45, 7) is 3.87. The third-order valence-corrected chi connectivity index (χ3v) is 5.15. The lowest BCUT2D eigenvalue weighted by molar-refractivity contribution is -0.119. The molecule has 2 N–H and O–H groups in total. The van der Waals surface area contributed by atoms with Crippen LogP contribution in [0.5, 0.6) is 0 Å². The lowest BCUT2D eigenvalue weighted by Gasteiger charge is -2.29. The van der Waals surface area contributed by atoms with Crippen molar-refractivity contribution in [2.24, 2.45) is 5.92 Å². The third-order valence-electron chi connectivity index (χ3n) is 5.15. The molecule has 3 nitrogen and oxygen atoms in total. The molecule has 0 aliphatic heterocycles. The van der Waals surface area contributed by atoms with E-state index < -0.39 is 0 Å². The van der Waals surface area contributed by atoms with Crippen LogP contribution < -0.4 is 10.6 Å². The summed E-state index contributed by atoms with van der Waals surface area (Å²) >= 11 is 0. The molecule has 0 heterocycles. The summed E-state index contributed by atoms with van der Waals surface area (Å²) in [5.41, 5.74) is 2.78. The van der Waals surface area contributed by atoms with E-state index in [2.05, 4.69) is 54.0 Å². The van der Waals surface area contributed by atoms with Gasteiger partial charge in [-0.15, -0.1) is 0 Å². The molecule has 1 aromatic carbocycles. The van der Waals surface area contributed by atoms with E-state index in [1.807, 2.05) is 0 Å². The predicted molar refractivity (Wildman–Crippen MR) is 95.0 cm³/mol. The van der Waals surface area contributed by atoms with Crippen LogP contribution in [-0.4, -0.2) is 24.0 Å². The van der Waals surface area contributed by atoms with Gasteiger partial charge in [0.25, 0.3) is 0 Å². The van der Waals surface area contributed by atoms with Crippen LogP contribution in [0.2, 0.25) is 0 Å². The summed E-state index contributed by atoms with van der Waals surface area (Å²) in [6.07, 6.45) is 8.15. The smallest absolute Gasteiger partial charge is 0.217 e. The van der Waals surface area contributed by atoms with Gasteiger partial charge in [0, 0.05) is 25.0 Å². The Hall–Kier alpha value is -1.61. The first-order valence-corrected chi connectivity index (χ1v) is 8.88. The van der Waals surface area contributed by atoms with Crippen LogP contribution in [0.1, 0.15) is 51.5 Å². The minimum absolute atomic E-state index is 0.102. The molecule has 2 saturated carbocycles. The molecule has 23 heavy (non-hydrogen) atoms. The molecule has 0 bridgehead atoms. The Labute approximate surface area is 139 Å². The average molecular weight is 312 g/mol. The first-order chi connectivity index (χ1) is 11.1. The van der Waals surface area contributed by atoms with Gasteiger partial charge in [-0.1, -0.05) is 42.0 Å². The molecule has 1 amide bonds.